The Morgan fingerprint density at radius 1 is 0.468 bits per heavy atom. The summed E-state index contributed by atoms with van der Waals surface area (Å²) in [4.78, 5) is 2.49. The second-order valence-corrected chi connectivity index (χ2v) is 13.0. The van der Waals surface area contributed by atoms with Gasteiger partial charge in [0, 0.05) is 33.1 Å². The third-order valence-electron chi connectivity index (χ3n) is 9.99. The Morgan fingerprint density at radius 2 is 1.09 bits per heavy atom. The summed E-state index contributed by atoms with van der Waals surface area (Å²) in [6.07, 6.45) is 0. The Morgan fingerprint density at radius 3 is 1.91 bits per heavy atom. The molecular weight excluding hydrogens is 569 g/mol. The third-order valence-corrected chi connectivity index (χ3v) is 9.99. The second-order valence-electron chi connectivity index (χ2n) is 13.0. The maximum absolute atomic E-state index is 2.49. The van der Waals surface area contributed by atoms with Crippen molar-refractivity contribution in [3.63, 3.8) is 0 Å². The summed E-state index contributed by atoms with van der Waals surface area (Å²) in [5, 5.41) is 2.47. The van der Waals surface area contributed by atoms with Crippen molar-refractivity contribution >= 4 is 38.9 Å². The van der Waals surface area contributed by atoms with Gasteiger partial charge in [-0.15, -0.1) is 0 Å². The zero-order valence-electron chi connectivity index (χ0n) is 26.6. The highest BCUT2D eigenvalue weighted by molar-refractivity contribution is 6.17. The van der Waals surface area contributed by atoms with E-state index in [-0.39, 0.29) is 5.41 Å². The standard InChI is InChI=1S/C45H34N2/c1-45(2)38-23-12-9-21-35(38)36-29-28-33(30-39(36)45)47(40-24-13-10-20-34(40)31-16-5-3-6-17-31)43-27-15-26-42-44(43)37-22-11-14-25-41(37)46(42)32-18-7-4-8-19-32/h3-30H,1-2H3. The van der Waals surface area contributed by atoms with E-state index in [2.05, 4.69) is 193 Å². The van der Waals surface area contributed by atoms with Crippen molar-refractivity contribution in [3.05, 3.63) is 181 Å². The zero-order chi connectivity index (χ0) is 31.5. The molecule has 0 N–H and O–H groups in total. The van der Waals surface area contributed by atoms with Crippen LogP contribution in [0.15, 0.2) is 170 Å². The van der Waals surface area contributed by atoms with E-state index in [9.17, 15) is 0 Å². The number of nitrogens with zero attached hydrogens (tertiary/aromatic N) is 2. The lowest BCUT2D eigenvalue weighted by Gasteiger charge is -2.30. The molecule has 0 atom stereocenters. The van der Waals surface area contributed by atoms with Crippen LogP contribution in [-0.2, 0) is 5.41 Å². The van der Waals surface area contributed by atoms with E-state index >= 15 is 0 Å². The molecule has 1 aromatic heterocycles. The first kappa shape index (κ1) is 27.5. The summed E-state index contributed by atoms with van der Waals surface area (Å²) >= 11 is 0. The predicted octanol–water partition coefficient (Wildman–Crippen LogP) is 12.2. The van der Waals surface area contributed by atoms with Crippen molar-refractivity contribution in [2.75, 3.05) is 4.90 Å². The molecule has 0 fully saturated rings. The van der Waals surface area contributed by atoms with Gasteiger partial charge in [0.1, 0.15) is 0 Å². The van der Waals surface area contributed by atoms with Crippen LogP contribution in [0.3, 0.4) is 0 Å². The average molecular weight is 603 g/mol. The molecule has 7 aromatic carbocycles. The molecule has 0 spiro atoms. The summed E-state index contributed by atoms with van der Waals surface area (Å²) < 4.78 is 2.40. The Kier molecular flexibility index (Phi) is 6.20. The minimum atomic E-state index is -0.109. The maximum atomic E-state index is 2.49. The lowest BCUT2D eigenvalue weighted by Crippen LogP contribution is -2.17. The van der Waals surface area contributed by atoms with Gasteiger partial charge in [-0.25, -0.2) is 0 Å². The van der Waals surface area contributed by atoms with Crippen LogP contribution in [0.4, 0.5) is 17.1 Å². The quantitative estimate of drug-likeness (QED) is 0.190. The van der Waals surface area contributed by atoms with E-state index in [0.717, 1.165) is 22.7 Å². The molecule has 0 saturated carbocycles. The van der Waals surface area contributed by atoms with Gasteiger partial charge >= 0.3 is 0 Å². The Balaban J connectivity index is 1.37. The molecule has 9 rings (SSSR count). The van der Waals surface area contributed by atoms with E-state index in [1.54, 1.807) is 0 Å². The van der Waals surface area contributed by atoms with E-state index in [1.165, 1.54) is 55.2 Å². The second kappa shape index (κ2) is 10.6. The number of benzene rings is 7. The van der Waals surface area contributed by atoms with Gasteiger partial charge in [0.2, 0.25) is 0 Å². The number of aromatic nitrogens is 1. The van der Waals surface area contributed by atoms with Crippen molar-refractivity contribution in [3.8, 4) is 27.9 Å². The van der Waals surface area contributed by atoms with Crippen LogP contribution in [-0.4, -0.2) is 4.57 Å². The van der Waals surface area contributed by atoms with Gasteiger partial charge in [0.15, 0.2) is 0 Å². The smallest absolute Gasteiger partial charge is 0.0562 e. The fourth-order valence-corrected chi connectivity index (χ4v) is 7.81. The van der Waals surface area contributed by atoms with Crippen LogP contribution in [0.5, 0.6) is 0 Å². The van der Waals surface area contributed by atoms with Crippen LogP contribution in [0.1, 0.15) is 25.0 Å². The molecule has 0 unspecified atom stereocenters. The van der Waals surface area contributed by atoms with Crippen LogP contribution < -0.4 is 4.90 Å². The number of rotatable bonds is 5. The summed E-state index contributed by atoms with van der Waals surface area (Å²) in [5.41, 5.74) is 14.7. The van der Waals surface area contributed by atoms with Crippen molar-refractivity contribution in [1.82, 2.24) is 4.57 Å². The first-order valence-corrected chi connectivity index (χ1v) is 16.4. The average Bonchev–Trinajstić information content (AvgIpc) is 3.59. The number of para-hydroxylation sites is 3. The summed E-state index contributed by atoms with van der Waals surface area (Å²) in [6, 6.07) is 61.8. The molecule has 2 heteroatoms. The van der Waals surface area contributed by atoms with Gasteiger partial charge in [-0.05, 0) is 76.3 Å². The Labute approximate surface area is 275 Å². The molecule has 0 saturated heterocycles. The molecule has 224 valence electrons. The van der Waals surface area contributed by atoms with E-state index in [1.807, 2.05) is 0 Å². The molecule has 8 aromatic rings. The summed E-state index contributed by atoms with van der Waals surface area (Å²) in [7, 11) is 0. The predicted molar refractivity (Wildman–Crippen MR) is 198 cm³/mol. The van der Waals surface area contributed by atoms with Gasteiger partial charge in [-0.2, -0.15) is 0 Å². The molecule has 1 aliphatic rings. The van der Waals surface area contributed by atoms with Gasteiger partial charge < -0.3 is 9.47 Å². The molecule has 1 aliphatic carbocycles. The van der Waals surface area contributed by atoms with Crippen molar-refractivity contribution in [2.45, 2.75) is 19.3 Å². The van der Waals surface area contributed by atoms with Gasteiger partial charge in [-0.1, -0.05) is 135 Å². The fraction of sp³-hybridized carbons (Fsp3) is 0.0667. The van der Waals surface area contributed by atoms with Crippen LogP contribution in [0.25, 0.3) is 49.7 Å². The molecular formula is C45H34N2. The Hall–Kier alpha value is -5.86. The monoisotopic (exact) mass is 602 g/mol. The molecule has 0 bridgehead atoms. The summed E-state index contributed by atoms with van der Waals surface area (Å²) in [6.45, 7) is 4.72. The number of hydrogen-bond acceptors (Lipinski definition) is 1. The van der Waals surface area contributed by atoms with Crippen molar-refractivity contribution in [2.24, 2.45) is 0 Å². The Bertz CT molecular complexity index is 2430. The lowest BCUT2D eigenvalue weighted by atomic mass is 9.82. The van der Waals surface area contributed by atoms with Crippen LogP contribution in [0.2, 0.25) is 0 Å². The number of anilines is 3. The largest absolute Gasteiger partial charge is 0.309 e. The minimum absolute atomic E-state index is 0.109. The fourth-order valence-electron chi connectivity index (χ4n) is 7.81. The molecule has 1 heterocycles. The van der Waals surface area contributed by atoms with Crippen molar-refractivity contribution in [1.29, 1.82) is 0 Å². The highest BCUT2D eigenvalue weighted by atomic mass is 15.2. The van der Waals surface area contributed by atoms with Gasteiger partial charge in [0.25, 0.3) is 0 Å². The highest BCUT2D eigenvalue weighted by Crippen LogP contribution is 2.52. The molecule has 0 aliphatic heterocycles. The number of fused-ring (bicyclic) bond motifs is 6. The van der Waals surface area contributed by atoms with E-state index in [4.69, 9.17) is 0 Å². The minimum Gasteiger partial charge on any atom is -0.309 e. The highest BCUT2D eigenvalue weighted by Gasteiger charge is 2.36. The third kappa shape index (κ3) is 4.18. The van der Waals surface area contributed by atoms with Crippen LogP contribution in [0, 0.1) is 0 Å². The number of hydrogen-bond donors (Lipinski definition) is 0. The molecule has 2 nitrogen and oxygen atoms in total. The van der Waals surface area contributed by atoms with E-state index < -0.39 is 0 Å². The first-order valence-electron chi connectivity index (χ1n) is 16.4. The van der Waals surface area contributed by atoms with Crippen molar-refractivity contribution < 1.29 is 0 Å². The van der Waals surface area contributed by atoms with Crippen LogP contribution >= 0.6 is 0 Å². The molecule has 0 amide bonds. The summed E-state index contributed by atoms with van der Waals surface area (Å²) in [5.74, 6) is 0. The normalized spacial score (nSPS) is 13.1. The van der Waals surface area contributed by atoms with Gasteiger partial charge in [0.05, 0.1) is 22.4 Å². The molecule has 47 heavy (non-hydrogen) atoms. The van der Waals surface area contributed by atoms with Gasteiger partial charge in [-0.3, -0.25) is 0 Å². The van der Waals surface area contributed by atoms with E-state index in [0.29, 0.717) is 0 Å². The zero-order valence-corrected chi connectivity index (χ0v) is 26.6. The molecule has 0 radical (unpaired) electrons. The lowest BCUT2D eigenvalue weighted by molar-refractivity contribution is 0.660. The first-order chi connectivity index (χ1) is 23.1. The SMILES string of the molecule is CC1(C)c2ccccc2-c2ccc(N(c3ccccc3-c3ccccc3)c3cccc4c3c3ccccc3n4-c3ccccc3)cc21. The topological polar surface area (TPSA) is 8.17 Å². The maximum Gasteiger partial charge on any atom is 0.0562 e.